The van der Waals surface area contributed by atoms with Gasteiger partial charge in [0.15, 0.2) is 0 Å². The summed E-state index contributed by atoms with van der Waals surface area (Å²) in [5, 5.41) is 18.6. The third-order valence-corrected chi connectivity index (χ3v) is 6.71. The third kappa shape index (κ3) is 3.85. The van der Waals surface area contributed by atoms with Crippen LogP contribution in [0.5, 0.6) is 0 Å². The van der Waals surface area contributed by atoms with E-state index >= 15 is 4.39 Å². The fraction of sp³-hybridized carbons (Fsp3) is 0.304. The fourth-order valence-corrected chi connectivity index (χ4v) is 4.91. The second-order valence-corrected chi connectivity index (χ2v) is 8.69. The summed E-state index contributed by atoms with van der Waals surface area (Å²) in [6.07, 6.45) is 1.67. The zero-order valence-electron chi connectivity index (χ0n) is 17.5. The van der Waals surface area contributed by atoms with Crippen LogP contribution >= 0.6 is 23.2 Å². The number of fused-ring (bicyclic) bond motifs is 1. The maximum Gasteiger partial charge on any atom is 0.246 e. The summed E-state index contributed by atoms with van der Waals surface area (Å²) >= 11 is 12.7. The van der Waals surface area contributed by atoms with Crippen molar-refractivity contribution in [2.45, 2.75) is 25.4 Å². The van der Waals surface area contributed by atoms with Crippen LogP contribution in [0, 0.1) is 12.7 Å². The molecule has 2 N–H and O–H groups in total. The molecule has 9 heteroatoms. The molecular weight excluding hydrogens is 454 g/mol. The molecule has 1 unspecified atom stereocenters. The van der Waals surface area contributed by atoms with Crippen molar-refractivity contribution in [3.05, 3.63) is 70.1 Å². The number of nitrogens with one attached hydrogen (secondary N) is 1. The predicted molar refractivity (Wildman–Crippen MR) is 125 cm³/mol. The van der Waals surface area contributed by atoms with Gasteiger partial charge in [-0.05, 0) is 49.8 Å². The largest absolute Gasteiger partial charge is 0.394 e. The molecule has 1 aliphatic rings. The lowest BCUT2D eigenvalue weighted by molar-refractivity contribution is -0.125. The number of hydrogen-bond donors (Lipinski definition) is 2. The van der Waals surface area contributed by atoms with E-state index in [9.17, 15) is 9.90 Å². The Kier molecular flexibility index (Phi) is 6.16. The van der Waals surface area contributed by atoms with Gasteiger partial charge in [-0.3, -0.25) is 9.48 Å². The molecule has 0 bridgehead atoms. The molecule has 0 radical (unpaired) electrons. The molecule has 6 nitrogen and oxygen atoms in total. The Morgan fingerprint density at radius 1 is 1.38 bits per heavy atom. The van der Waals surface area contributed by atoms with Crippen LogP contribution in [0.25, 0.3) is 10.9 Å². The number of anilines is 1. The topological polar surface area (TPSA) is 70.4 Å². The molecule has 4 rings (SSSR count). The van der Waals surface area contributed by atoms with Crippen molar-refractivity contribution < 1.29 is 14.3 Å². The zero-order chi connectivity index (χ0) is 23.0. The molecule has 0 spiro atoms. The lowest BCUT2D eigenvalue weighted by Crippen LogP contribution is -2.41. The van der Waals surface area contributed by atoms with Crippen molar-refractivity contribution in [3.8, 4) is 0 Å². The molecule has 2 aromatic carbocycles. The fourth-order valence-electron chi connectivity index (χ4n) is 4.42. The van der Waals surface area contributed by atoms with Gasteiger partial charge in [0, 0.05) is 29.7 Å². The van der Waals surface area contributed by atoms with Crippen LogP contribution in [0.2, 0.25) is 10.0 Å². The highest BCUT2D eigenvalue weighted by Gasteiger charge is 2.44. The van der Waals surface area contributed by atoms with Crippen LogP contribution in [0.15, 0.2) is 43.0 Å². The van der Waals surface area contributed by atoms with E-state index in [-0.39, 0.29) is 34.7 Å². The Balaban J connectivity index is 1.82. The number of carbonyl (C=O) groups excluding carboxylic acids is 1. The number of rotatable bonds is 6. The molecule has 32 heavy (non-hydrogen) atoms. The quantitative estimate of drug-likeness (QED) is 0.405. The number of halogens is 3. The second kappa shape index (κ2) is 8.73. The SMILES string of the molecule is C=CC(=O)N1CCC(Nc2ccc3c(C)nn(CCO)c3c2)(c2c(F)ccc(Cl)c2Cl)C1. The van der Waals surface area contributed by atoms with Crippen LogP contribution in [-0.2, 0) is 16.9 Å². The van der Waals surface area contributed by atoms with Gasteiger partial charge in [0.1, 0.15) is 5.82 Å². The van der Waals surface area contributed by atoms with E-state index < -0.39 is 11.4 Å². The van der Waals surface area contributed by atoms with Crippen LogP contribution in [0.3, 0.4) is 0 Å². The van der Waals surface area contributed by atoms with Gasteiger partial charge in [0.2, 0.25) is 5.91 Å². The molecule has 1 atom stereocenters. The average molecular weight is 477 g/mol. The maximum atomic E-state index is 15.1. The molecule has 1 amide bonds. The van der Waals surface area contributed by atoms with E-state index in [4.69, 9.17) is 23.2 Å². The summed E-state index contributed by atoms with van der Waals surface area (Å²) in [5.41, 5.74) is 1.63. The first-order chi connectivity index (χ1) is 15.3. The van der Waals surface area contributed by atoms with Crippen molar-refractivity contribution >= 4 is 45.7 Å². The summed E-state index contributed by atoms with van der Waals surface area (Å²) in [6.45, 7) is 6.38. The van der Waals surface area contributed by atoms with E-state index in [0.717, 1.165) is 16.6 Å². The first kappa shape index (κ1) is 22.6. The highest BCUT2D eigenvalue weighted by molar-refractivity contribution is 6.42. The average Bonchev–Trinajstić information content (AvgIpc) is 3.33. The first-order valence-electron chi connectivity index (χ1n) is 10.2. The first-order valence-corrected chi connectivity index (χ1v) is 11.0. The van der Waals surface area contributed by atoms with Gasteiger partial charge in [0.25, 0.3) is 0 Å². The van der Waals surface area contributed by atoms with Crippen molar-refractivity contribution in [3.63, 3.8) is 0 Å². The molecule has 1 fully saturated rings. The smallest absolute Gasteiger partial charge is 0.246 e. The number of carbonyl (C=O) groups is 1. The van der Waals surface area contributed by atoms with Crippen LogP contribution < -0.4 is 5.32 Å². The summed E-state index contributed by atoms with van der Waals surface area (Å²) < 4.78 is 16.8. The van der Waals surface area contributed by atoms with E-state index in [1.807, 2.05) is 25.1 Å². The number of aliphatic hydroxyl groups is 1. The summed E-state index contributed by atoms with van der Waals surface area (Å²) in [6, 6.07) is 8.42. The minimum absolute atomic E-state index is 0.0419. The summed E-state index contributed by atoms with van der Waals surface area (Å²) in [7, 11) is 0. The number of aryl methyl sites for hydroxylation is 1. The van der Waals surface area contributed by atoms with Gasteiger partial charge in [-0.15, -0.1) is 0 Å². The number of nitrogens with zero attached hydrogens (tertiary/aromatic N) is 3. The Hall–Kier alpha value is -2.61. The minimum atomic E-state index is -0.991. The minimum Gasteiger partial charge on any atom is -0.394 e. The van der Waals surface area contributed by atoms with Crippen molar-refractivity contribution in [1.82, 2.24) is 14.7 Å². The van der Waals surface area contributed by atoms with E-state index in [1.54, 1.807) is 9.58 Å². The molecule has 0 saturated carbocycles. The molecule has 1 saturated heterocycles. The van der Waals surface area contributed by atoms with E-state index in [2.05, 4.69) is 17.0 Å². The number of aliphatic hydroxyl groups excluding tert-OH is 1. The van der Waals surface area contributed by atoms with Gasteiger partial charge in [-0.25, -0.2) is 4.39 Å². The molecule has 0 aliphatic carbocycles. The van der Waals surface area contributed by atoms with Crippen molar-refractivity contribution in [2.75, 3.05) is 25.0 Å². The third-order valence-electron chi connectivity index (χ3n) is 5.91. The van der Waals surface area contributed by atoms with E-state index in [0.29, 0.717) is 25.2 Å². The van der Waals surface area contributed by atoms with Gasteiger partial charge >= 0.3 is 0 Å². The second-order valence-electron chi connectivity index (χ2n) is 7.90. The molecule has 1 aromatic heterocycles. The molecule has 1 aliphatic heterocycles. The van der Waals surface area contributed by atoms with Gasteiger partial charge in [-0.1, -0.05) is 29.8 Å². The maximum absolute atomic E-state index is 15.1. The Morgan fingerprint density at radius 2 is 2.16 bits per heavy atom. The molecule has 2 heterocycles. The van der Waals surface area contributed by atoms with Crippen molar-refractivity contribution in [1.29, 1.82) is 0 Å². The molecule has 168 valence electrons. The standard InChI is InChI=1S/C23H23Cl2FN4O2/c1-3-20(32)29-9-8-23(13-29,21-18(26)7-6-17(24)22(21)25)27-15-4-5-16-14(2)28-30(10-11-31)19(16)12-15/h3-7,12,27,31H,1,8-11,13H2,2H3. The van der Waals surface area contributed by atoms with E-state index in [1.165, 1.54) is 18.2 Å². The van der Waals surface area contributed by atoms with Crippen LogP contribution in [0.4, 0.5) is 10.1 Å². The normalized spacial score (nSPS) is 18.3. The monoisotopic (exact) mass is 476 g/mol. The van der Waals surface area contributed by atoms with Gasteiger partial charge in [0.05, 0.1) is 39.9 Å². The summed E-state index contributed by atoms with van der Waals surface area (Å²) in [4.78, 5) is 13.9. The number of aromatic nitrogens is 2. The number of likely N-dealkylation sites (tertiary alicyclic amines) is 1. The highest BCUT2D eigenvalue weighted by atomic mass is 35.5. The zero-order valence-corrected chi connectivity index (χ0v) is 19.0. The number of hydrogen-bond acceptors (Lipinski definition) is 4. The lowest BCUT2D eigenvalue weighted by atomic mass is 9.87. The van der Waals surface area contributed by atoms with Crippen LogP contribution in [0.1, 0.15) is 17.7 Å². The molecular formula is C23H23Cl2FN4O2. The Bertz CT molecular complexity index is 1210. The van der Waals surface area contributed by atoms with Gasteiger partial charge < -0.3 is 15.3 Å². The number of amides is 1. The Morgan fingerprint density at radius 3 is 2.88 bits per heavy atom. The molecule has 3 aromatic rings. The number of benzene rings is 2. The van der Waals surface area contributed by atoms with Crippen LogP contribution in [-0.4, -0.2) is 45.4 Å². The van der Waals surface area contributed by atoms with Crippen molar-refractivity contribution in [2.24, 2.45) is 0 Å². The summed E-state index contributed by atoms with van der Waals surface area (Å²) in [5.74, 6) is -0.735. The Labute approximate surface area is 195 Å². The lowest BCUT2D eigenvalue weighted by Gasteiger charge is -2.33. The van der Waals surface area contributed by atoms with Gasteiger partial charge in [-0.2, -0.15) is 5.10 Å². The predicted octanol–water partition coefficient (Wildman–Crippen LogP) is 4.51. The highest BCUT2D eigenvalue weighted by Crippen LogP contribution is 2.43.